The molecule has 0 bridgehead atoms. The van der Waals surface area contributed by atoms with Gasteiger partial charge in [-0.25, -0.2) is 0 Å². The number of rotatable bonds is 3. The standard InChI is InChI=1S/C7H12F3N/c1-2-11-6(5-3-4-5)7(8,9)10/h5-6,11H,2-4H2,1H3. The zero-order valence-electron chi connectivity index (χ0n) is 6.41. The molecule has 1 aliphatic rings. The largest absolute Gasteiger partial charge is 0.404 e. The highest BCUT2D eigenvalue weighted by molar-refractivity contribution is 4.90. The van der Waals surface area contributed by atoms with Crippen molar-refractivity contribution in [3.63, 3.8) is 0 Å². The average Bonchev–Trinajstić information content (AvgIpc) is 2.61. The third-order valence-corrected chi connectivity index (χ3v) is 1.87. The van der Waals surface area contributed by atoms with Gasteiger partial charge in [0.15, 0.2) is 0 Å². The van der Waals surface area contributed by atoms with E-state index in [0.29, 0.717) is 6.54 Å². The molecule has 1 saturated carbocycles. The molecule has 66 valence electrons. The van der Waals surface area contributed by atoms with Gasteiger partial charge in [-0.05, 0) is 25.3 Å². The quantitative estimate of drug-likeness (QED) is 0.677. The Morgan fingerprint density at radius 1 is 1.45 bits per heavy atom. The molecule has 0 amide bonds. The van der Waals surface area contributed by atoms with Crippen LogP contribution in [0.2, 0.25) is 0 Å². The van der Waals surface area contributed by atoms with Gasteiger partial charge in [0.2, 0.25) is 0 Å². The maximum absolute atomic E-state index is 12.1. The minimum Gasteiger partial charge on any atom is -0.306 e. The molecule has 0 aromatic heterocycles. The summed E-state index contributed by atoms with van der Waals surface area (Å²) in [7, 11) is 0. The molecule has 1 nitrogen and oxygen atoms in total. The van der Waals surface area contributed by atoms with Crippen LogP contribution in [0.1, 0.15) is 19.8 Å². The summed E-state index contributed by atoms with van der Waals surface area (Å²) in [5, 5.41) is 2.46. The van der Waals surface area contributed by atoms with Crippen LogP contribution in [0, 0.1) is 5.92 Å². The van der Waals surface area contributed by atoms with Gasteiger partial charge in [0.25, 0.3) is 0 Å². The molecule has 0 aliphatic heterocycles. The average molecular weight is 167 g/mol. The van der Waals surface area contributed by atoms with Crippen LogP contribution >= 0.6 is 0 Å². The summed E-state index contributed by atoms with van der Waals surface area (Å²) in [5.41, 5.74) is 0. The second-order valence-electron chi connectivity index (χ2n) is 2.91. The minimum absolute atomic E-state index is 0.157. The topological polar surface area (TPSA) is 12.0 Å². The second kappa shape index (κ2) is 3.01. The Kier molecular flexibility index (Phi) is 2.42. The molecular formula is C7H12F3N. The van der Waals surface area contributed by atoms with Crippen molar-refractivity contribution in [1.82, 2.24) is 5.32 Å². The molecule has 1 unspecified atom stereocenters. The fourth-order valence-corrected chi connectivity index (χ4v) is 1.20. The van der Waals surface area contributed by atoms with Crippen molar-refractivity contribution in [2.75, 3.05) is 6.54 Å². The Balaban J connectivity index is 2.44. The van der Waals surface area contributed by atoms with Gasteiger partial charge in [-0.2, -0.15) is 13.2 Å². The lowest BCUT2D eigenvalue weighted by Crippen LogP contribution is -2.43. The van der Waals surface area contributed by atoms with Gasteiger partial charge in [-0.15, -0.1) is 0 Å². The monoisotopic (exact) mass is 167 g/mol. The molecule has 0 spiro atoms. The third kappa shape index (κ3) is 2.36. The molecule has 0 saturated heterocycles. The molecule has 0 aromatic carbocycles. The van der Waals surface area contributed by atoms with E-state index in [9.17, 15) is 13.2 Å². The lowest BCUT2D eigenvalue weighted by molar-refractivity contribution is -0.160. The van der Waals surface area contributed by atoms with E-state index in [2.05, 4.69) is 5.32 Å². The van der Waals surface area contributed by atoms with Crippen molar-refractivity contribution in [2.45, 2.75) is 32.0 Å². The molecule has 1 fully saturated rings. The van der Waals surface area contributed by atoms with Gasteiger partial charge in [-0.1, -0.05) is 6.92 Å². The normalized spacial score (nSPS) is 21.8. The first-order valence-electron chi connectivity index (χ1n) is 3.85. The van der Waals surface area contributed by atoms with Crippen LogP contribution in [-0.2, 0) is 0 Å². The number of nitrogens with one attached hydrogen (secondary N) is 1. The van der Waals surface area contributed by atoms with Crippen LogP contribution < -0.4 is 5.32 Å². The van der Waals surface area contributed by atoms with Crippen molar-refractivity contribution >= 4 is 0 Å². The summed E-state index contributed by atoms with van der Waals surface area (Å²) in [6.07, 6.45) is -2.62. The molecule has 1 N–H and O–H groups in total. The molecule has 4 heteroatoms. The molecule has 1 rings (SSSR count). The van der Waals surface area contributed by atoms with E-state index in [-0.39, 0.29) is 5.92 Å². The van der Waals surface area contributed by atoms with Gasteiger partial charge in [-0.3, -0.25) is 0 Å². The van der Waals surface area contributed by atoms with Crippen LogP contribution in [0.25, 0.3) is 0 Å². The highest BCUT2D eigenvalue weighted by Gasteiger charge is 2.48. The van der Waals surface area contributed by atoms with E-state index in [1.54, 1.807) is 6.92 Å². The lowest BCUT2D eigenvalue weighted by atomic mass is 10.2. The number of halogens is 3. The van der Waals surface area contributed by atoms with Gasteiger partial charge >= 0.3 is 6.18 Å². The highest BCUT2D eigenvalue weighted by atomic mass is 19.4. The number of alkyl halides is 3. The molecule has 0 aromatic rings. The zero-order chi connectivity index (χ0) is 8.48. The fraction of sp³-hybridized carbons (Fsp3) is 1.00. The first-order chi connectivity index (χ1) is 5.05. The summed E-state index contributed by atoms with van der Waals surface area (Å²) in [4.78, 5) is 0. The predicted octanol–water partition coefficient (Wildman–Crippen LogP) is 1.94. The van der Waals surface area contributed by atoms with Crippen LogP contribution in [0.5, 0.6) is 0 Å². The summed E-state index contributed by atoms with van der Waals surface area (Å²) < 4.78 is 36.4. The van der Waals surface area contributed by atoms with Crippen molar-refractivity contribution in [2.24, 2.45) is 5.92 Å². The summed E-state index contributed by atoms with van der Waals surface area (Å²) in [6.45, 7) is 2.09. The van der Waals surface area contributed by atoms with E-state index in [1.807, 2.05) is 0 Å². The number of hydrogen-bond acceptors (Lipinski definition) is 1. The van der Waals surface area contributed by atoms with Crippen LogP contribution in [0.3, 0.4) is 0 Å². The van der Waals surface area contributed by atoms with Gasteiger partial charge in [0.05, 0.1) is 0 Å². The molecule has 11 heavy (non-hydrogen) atoms. The van der Waals surface area contributed by atoms with E-state index < -0.39 is 12.2 Å². The molecule has 1 atom stereocenters. The van der Waals surface area contributed by atoms with E-state index in [4.69, 9.17) is 0 Å². The first-order valence-corrected chi connectivity index (χ1v) is 3.85. The van der Waals surface area contributed by atoms with Crippen LogP contribution in [0.4, 0.5) is 13.2 Å². The lowest BCUT2D eigenvalue weighted by Gasteiger charge is -2.20. The molecular weight excluding hydrogens is 155 g/mol. The smallest absolute Gasteiger partial charge is 0.306 e. The Bertz CT molecular complexity index is 128. The van der Waals surface area contributed by atoms with E-state index in [0.717, 1.165) is 12.8 Å². The van der Waals surface area contributed by atoms with Crippen LogP contribution in [0.15, 0.2) is 0 Å². The van der Waals surface area contributed by atoms with Gasteiger partial charge in [0, 0.05) is 0 Å². The van der Waals surface area contributed by atoms with E-state index >= 15 is 0 Å². The van der Waals surface area contributed by atoms with Gasteiger partial charge < -0.3 is 5.32 Å². The Hall–Kier alpha value is -0.250. The Labute approximate surface area is 64.0 Å². The molecule has 0 heterocycles. The zero-order valence-corrected chi connectivity index (χ0v) is 6.41. The highest BCUT2D eigenvalue weighted by Crippen LogP contribution is 2.39. The van der Waals surface area contributed by atoms with Gasteiger partial charge in [0.1, 0.15) is 6.04 Å². The maximum Gasteiger partial charge on any atom is 0.404 e. The number of hydrogen-bond donors (Lipinski definition) is 1. The Morgan fingerprint density at radius 2 is 2.00 bits per heavy atom. The minimum atomic E-state index is -4.06. The van der Waals surface area contributed by atoms with Crippen molar-refractivity contribution in [1.29, 1.82) is 0 Å². The first kappa shape index (κ1) is 8.84. The van der Waals surface area contributed by atoms with E-state index in [1.165, 1.54) is 0 Å². The second-order valence-corrected chi connectivity index (χ2v) is 2.91. The molecule has 1 aliphatic carbocycles. The van der Waals surface area contributed by atoms with Crippen molar-refractivity contribution < 1.29 is 13.2 Å². The van der Waals surface area contributed by atoms with Crippen LogP contribution in [-0.4, -0.2) is 18.8 Å². The third-order valence-electron chi connectivity index (χ3n) is 1.87. The summed E-state index contributed by atoms with van der Waals surface area (Å²) in [6, 6.07) is -1.26. The Morgan fingerprint density at radius 3 is 2.27 bits per heavy atom. The summed E-state index contributed by atoms with van der Waals surface area (Å²) in [5.74, 6) is -0.157. The summed E-state index contributed by atoms with van der Waals surface area (Å²) >= 11 is 0. The van der Waals surface area contributed by atoms with Crippen molar-refractivity contribution in [3.8, 4) is 0 Å². The SMILES string of the molecule is CCNC(C1CC1)C(F)(F)F. The molecule has 0 radical (unpaired) electrons. The maximum atomic E-state index is 12.1. The fourth-order valence-electron chi connectivity index (χ4n) is 1.20. The predicted molar refractivity (Wildman–Crippen MR) is 36.2 cm³/mol. The van der Waals surface area contributed by atoms with Crippen molar-refractivity contribution in [3.05, 3.63) is 0 Å².